The van der Waals surface area contributed by atoms with Gasteiger partial charge in [-0.05, 0) is 42.7 Å². The number of nitrogens with one attached hydrogen (secondary N) is 1. The van der Waals surface area contributed by atoms with Crippen LogP contribution in [0, 0.1) is 0 Å². The predicted molar refractivity (Wildman–Crippen MR) is 86.0 cm³/mol. The molecule has 0 bridgehead atoms. The van der Waals surface area contributed by atoms with Crippen molar-refractivity contribution >= 4 is 51.7 Å². The van der Waals surface area contributed by atoms with E-state index in [1.807, 2.05) is 0 Å². The molecular weight excluding hydrogens is 329 g/mol. The molecule has 4 nitrogen and oxygen atoms in total. The molecule has 1 aromatic carbocycles. The van der Waals surface area contributed by atoms with Gasteiger partial charge in [-0.15, -0.1) is 10.2 Å². The molecule has 0 radical (unpaired) electrons. The summed E-state index contributed by atoms with van der Waals surface area (Å²) in [5.41, 5.74) is 0.763. The smallest absolute Gasteiger partial charge is 0.250 e. The lowest BCUT2D eigenvalue weighted by molar-refractivity contribution is -0.111. The molecule has 1 aliphatic rings. The standard InChI is InChI=1S/C14H11Cl2N3OS/c15-10-5-8(6-11(16)7-10)1-4-12(20)17-14-19-18-13(21-14)9-2-3-9/h1,4-7,9H,2-3H2,(H,17,19,20)/b4-1+. The third-order valence-corrected chi connectivity index (χ3v) is 4.35. The van der Waals surface area contributed by atoms with E-state index in [1.54, 1.807) is 24.3 Å². The van der Waals surface area contributed by atoms with Gasteiger partial charge in [0.1, 0.15) is 5.01 Å². The SMILES string of the molecule is O=C(/C=C/c1cc(Cl)cc(Cl)c1)Nc1nnc(C2CC2)s1. The van der Waals surface area contributed by atoms with E-state index >= 15 is 0 Å². The summed E-state index contributed by atoms with van der Waals surface area (Å²) in [4.78, 5) is 11.8. The molecule has 0 unspecified atom stereocenters. The third-order valence-electron chi connectivity index (χ3n) is 2.91. The second kappa shape index (κ2) is 6.13. The van der Waals surface area contributed by atoms with Crippen molar-refractivity contribution in [2.45, 2.75) is 18.8 Å². The van der Waals surface area contributed by atoms with Crippen LogP contribution in [0.1, 0.15) is 29.3 Å². The number of aromatic nitrogens is 2. The van der Waals surface area contributed by atoms with E-state index in [4.69, 9.17) is 23.2 Å². The van der Waals surface area contributed by atoms with Crippen LogP contribution < -0.4 is 5.32 Å². The third kappa shape index (κ3) is 4.03. The Balaban J connectivity index is 1.63. The number of amides is 1. The summed E-state index contributed by atoms with van der Waals surface area (Å²) in [5.74, 6) is 0.280. The molecule has 1 heterocycles. The molecule has 0 aliphatic heterocycles. The predicted octanol–water partition coefficient (Wildman–Crippen LogP) is 4.37. The summed E-state index contributed by atoms with van der Waals surface area (Å²) < 4.78 is 0. The molecule has 1 amide bonds. The summed E-state index contributed by atoms with van der Waals surface area (Å²) in [5, 5.41) is 13.3. The van der Waals surface area contributed by atoms with Crippen LogP contribution in [0.4, 0.5) is 5.13 Å². The van der Waals surface area contributed by atoms with Gasteiger partial charge >= 0.3 is 0 Å². The fourth-order valence-electron chi connectivity index (χ4n) is 1.77. The number of hydrogen-bond acceptors (Lipinski definition) is 4. The van der Waals surface area contributed by atoms with Crippen molar-refractivity contribution in [3.8, 4) is 0 Å². The lowest BCUT2D eigenvalue weighted by Crippen LogP contribution is -2.07. The minimum absolute atomic E-state index is 0.260. The maximum absolute atomic E-state index is 11.8. The monoisotopic (exact) mass is 339 g/mol. The van der Waals surface area contributed by atoms with Crippen LogP contribution in [-0.4, -0.2) is 16.1 Å². The summed E-state index contributed by atoms with van der Waals surface area (Å²) >= 11 is 13.2. The molecule has 1 N–H and O–H groups in total. The lowest BCUT2D eigenvalue weighted by atomic mass is 10.2. The topological polar surface area (TPSA) is 54.9 Å². The Kier molecular flexibility index (Phi) is 4.24. The first-order valence-electron chi connectivity index (χ1n) is 6.39. The van der Waals surface area contributed by atoms with Crippen molar-refractivity contribution in [1.29, 1.82) is 0 Å². The number of nitrogens with zero attached hydrogens (tertiary/aromatic N) is 2. The van der Waals surface area contributed by atoms with Gasteiger partial charge in [-0.2, -0.15) is 0 Å². The van der Waals surface area contributed by atoms with Crippen molar-refractivity contribution < 1.29 is 4.79 Å². The molecule has 7 heteroatoms. The summed E-state index contributed by atoms with van der Waals surface area (Å²) in [7, 11) is 0. The number of benzene rings is 1. The highest BCUT2D eigenvalue weighted by Gasteiger charge is 2.27. The molecule has 3 rings (SSSR count). The average Bonchev–Trinajstić information content (AvgIpc) is 3.17. The van der Waals surface area contributed by atoms with E-state index in [0.29, 0.717) is 21.1 Å². The Morgan fingerprint density at radius 1 is 1.24 bits per heavy atom. The lowest BCUT2D eigenvalue weighted by Gasteiger charge is -1.98. The maximum atomic E-state index is 11.8. The Labute approximate surface area is 135 Å². The average molecular weight is 340 g/mol. The molecular formula is C14H11Cl2N3OS. The van der Waals surface area contributed by atoms with Crippen LogP contribution in [0.3, 0.4) is 0 Å². The minimum atomic E-state index is -0.260. The van der Waals surface area contributed by atoms with Gasteiger partial charge in [0.05, 0.1) is 0 Å². The van der Waals surface area contributed by atoms with Crippen LogP contribution in [-0.2, 0) is 4.79 Å². The molecule has 1 aliphatic carbocycles. The van der Waals surface area contributed by atoms with Crippen LogP contribution >= 0.6 is 34.5 Å². The summed E-state index contributed by atoms with van der Waals surface area (Å²) in [6.07, 6.45) is 5.39. The van der Waals surface area contributed by atoms with Gasteiger partial charge in [-0.3, -0.25) is 10.1 Å². The molecule has 1 fully saturated rings. The van der Waals surface area contributed by atoms with Crippen molar-refractivity contribution in [2.75, 3.05) is 5.32 Å². The van der Waals surface area contributed by atoms with E-state index in [1.165, 1.54) is 17.4 Å². The highest BCUT2D eigenvalue weighted by molar-refractivity contribution is 7.15. The number of carbonyl (C=O) groups excluding carboxylic acids is 1. The van der Waals surface area contributed by atoms with Crippen LogP contribution in [0.2, 0.25) is 10.0 Å². The zero-order valence-electron chi connectivity index (χ0n) is 10.8. The van der Waals surface area contributed by atoms with Crippen molar-refractivity contribution in [2.24, 2.45) is 0 Å². The van der Waals surface area contributed by atoms with Crippen molar-refractivity contribution in [3.63, 3.8) is 0 Å². The Hall–Kier alpha value is -1.43. The molecule has 1 aromatic heterocycles. The van der Waals surface area contributed by atoms with Crippen molar-refractivity contribution in [3.05, 3.63) is 44.9 Å². The quantitative estimate of drug-likeness (QED) is 0.841. The largest absolute Gasteiger partial charge is 0.297 e. The minimum Gasteiger partial charge on any atom is -0.297 e. The highest BCUT2D eigenvalue weighted by atomic mass is 35.5. The van der Waals surface area contributed by atoms with Crippen LogP contribution in [0.25, 0.3) is 6.08 Å². The van der Waals surface area contributed by atoms with Gasteiger partial charge in [0.15, 0.2) is 0 Å². The zero-order valence-corrected chi connectivity index (χ0v) is 13.2. The number of hydrogen-bond donors (Lipinski definition) is 1. The van der Waals surface area contributed by atoms with Gasteiger partial charge in [-0.25, -0.2) is 0 Å². The molecule has 0 atom stereocenters. The van der Waals surface area contributed by atoms with Crippen LogP contribution in [0.5, 0.6) is 0 Å². The first-order chi connectivity index (χ1) is 10.1. The number of halogens is 2. The molecule has 1 saturated carbocycles. The Bertz CT molecular complexity index is 690. The Morgan fingerprint density at radius 2 is 1.95 bits per heavy atom. The van der Waals surface area contributed by atoms with E-state index in [0.717, 1.165) is 23.4 Å². The zero-order chi connectivity index (χ0) is 14.8. The highest BCUT2D eigenvalue weighted by Crippen LogP contribution is 2.42. The maximum Gasteiger partial charge on any atom is 0.250 e. The van der Waals surface area contributed by atoms with E-state index < -0.39 is 0 Å². The van der Waals surface area contributed by atoms with Crippen molar-refractivity contribution in [1.82, 2.24) is 10.2 Å². The first-order valence-corrected chi connectivity index (χ1v) is 7.96. The molecule has 2 aromatic rings. The molecule has 0 saturated heterocycles. The second-order valence-electron chi connectivity index (χ2n) is 4.75. The van der Waals surface area contributed by atoms with Gasteiger partial charge in [0.2, 0.25) is 11.0 Å². The summed E-state index contributed by atoms with van der Waals surface area (Å²) in [6, 6.07) is 5.10. The molecule has 0 spiro atoms. The van der Waals surface area contributed by atoms with E-state index in [9.17, 15) is 4.79 Å². The van der Waals surface area contributed by atoms with E-state index in [2.05, 4.69) is 15.5 Å². The number of rotatable bonds is 4. The molecule has 108 valence electrons. The number of carbonyl (C=O) groups is 1. The van der Waals surface area contributed by atoms with E-state index in [-0.39, 0.29) is 5.91 Å². The molecule has 21 heavy (non-hydrogen) atoms. The second-order valence-corrected chi connectivity index (χ2v) is 6.63. The van der Waals surface area contributed by atoms with Gasteiger partial charge in [0, 0.05) is 22.0 Å². The fourth-order valence-corrected chi connectivity index (χ4v) is 3.23. The van der Waals surface area contributed by atoms with Gasteiger partial charge in [-0.1, -0.05) is 34.5 Å². The van der Waals surface area contributed by atoms with Gasteiger partial charge in [0.25, 0.3) is 0 Å². The Morgan fingerprint density at radius 3 is 2.62 bits per heavy atom. The first kappa shape index (κ1) is 14.5. The summed E-state index contributed by atoms with van der Waals surface area (Å²) in [6.45, 7) is 0. The fraction of sp³-hybridized carbons (Fsp3) is 0.214. The number of anilines is 1. The van der Waals surface area contributed by atoms with Crippen LogP contribution in [0.15, 0.2) is 24.3 Å². The normalized spacial score (nSPS) is 14.6. The van der Waals surface area contributed by atoms with Gasteiger partial charge < -0.3 is 0 Å².